The molecule has 0 bridgehead atoms. The van der Waals surface area contributed by atoms with Crippen molar-refractivity contribution in [3.8, 4) is 11.4 Å². The second kappa shape index (κ2) is 6.89. The molecule has 0 saturated carbocycles. The Balaban J connectivity index is 1.73. The van der Waals surface area contributed by atoms with Crippen molar-refractivity contribution >= 4 is 23.2 Å². The first kappa shape index (κ1) is 15.0. The number of nitrogens with zero attached hydrogens (tertiary/aromatic N) is 3. The molecule has 1 fully saturated rings. The quantitative estimate of drug-likeness (QED) is 0.901. The zero-order valence-electron chi connectivity index (χ0n) is 12.1. The monoisotopic (exact) mass is 319 g/mol. The highest BCUT2D eigenvalue weighted by molar-refractivity contribution is 6.33. The van der Waals surface area contributed by atoms with Crippen LogP contribution in [0.25, 0.3) is 11.4 Å². The molecule has 0 spiro atoms. The summed E-state index contributed by atoms with van der Waals surface area (Å²) in [5, 5.41) is 3.84. The third-order valence-corrected chi connectivity index (χ3v) is 3.99. The van der Waals surface area contributed by atoms with Gasteiger partial charge in [0.25, 0.3) is 0 Å². The number of nitrogens with one attached hydrogen (secondary N) is 1. The first-order valence-corrected chi connectivity index (χ1v) is 7.66. The smallest absolute Gasteiger partial charge is 0.163 e. The van der Waals surface area contributed by atoms with Crippen LogP contribution in [-0.4, -0.2) is 34.7 Å². The number of anilines is 2. The summed E-state index contributed by atoms with van der Waals surface area (Å²) in [7, 11) is 0. The predicted octanol–water partition coefficient (Wildman–Crippen LogP) is 2.61. The number of aromatic nitrogens is 3. The van der Waals surface area contributed by atoms with Crippen molar-refractivity contribution in [3.63, 3.8) is 0 Å². The summed E-state index contributed by atoms with van der Waals surface area (Å²) in [4.78, 5) is 12.7. The van der Waals surface area contributed by atoms with E-state index in [0.717, 1.165) is 38.4 Å². The largest absolute Gasteiger partial charge is 0.384 e. The standard InChI is InChI=1S/C15H18ClN5O/c16-12-9-19-13(17)7-11(12)15-18-4-1-14(21-15)20-8-10-2-5-22-6-3-10/h1,4,7,9-10H,2-3,5-6,8H2,(H2,17,19)(H,18,20,21). The van der Waals surface area contributed by atoms with E-state index in [0.29, 0.717) is 28.1 Å². The van der Waals surface area contributed by atoms with Gasteiger partial charge in [-0.3, -0.25) is 0 Å². The molecule has 0 amide bonds. The fourth-order valence-corrected chi connectivity index (χ4v) is 2.60. The molecule has 2 aromatic rings. The lowest BCUT2D eigenvalue weighted by Crippen LogP contribution is -2.23. The third kappa shape index (κ3) is 3.64. The van der Waals surface area contributed by atoms with E-state index >= 15 is 0 Å². The molecule has 6 nitrogen and oxygen atoms in total. The van der Waals surface area contributed by atoms with Gasteiger partial charge in [-0.2, -0.15) is 0 Å². The van der Waals surface area contributed by atoms with Crippen LogP contribution in [0.2, 0.25) is 5.02 Å². The zero-order valence-corrected chi connectivity index (χ0v) is 12.9. The van der Waals surface area contributed by atoms with E-state index < -0.39 is 0 Å². The number of hydrogen-bond acceptors (Lipinski definition) is 6. The lowest BCUT2D eigenvalue weighted by atomic mass is 10.0. The number of nitrogens with two attached hydrogens (primary N) is 1. The highest BCUT2D eigenvalue weighted by Crippen LogP contribution is 2.26. The fourth-order valence-electron chi connectivity index (χ4n) is 2.41. The molecule has 22 heavy (non-hydrogen) atoms. The van der Waals surface area contributed by atoms with E-state index in [1.165, 1.54) is 6.20 Å². The molecule has 0 radical (unpaired) electrons. The summed E-state index contributed by atoms with van der Waals surface area (Å²) < 4.78 is 5.37. The van der Waals surface area contributed by atoms with E-state index in [9.17, 15) is 0 Å². The highest BCUT2D eigenvalue weighted by Gasteiger charge is 2.14. The van der Waals surface area contributed by atoms with Gasteiger partial charge in [-0.25, -0.2) is 15.0 Å². The van der Waals surface area contributed by atoms with E-state index in [4.69, 9.17) is 22.1 Å². The second-order valence-electron chi connectivity index (χ2n) is 5.29. The minimum atomic E-state index is 0.392. The molecule has 116 valence electrons. The van der Waals surface area contributed by atoms with Gasteiger partial charge in [-0.1, -0.05) is 11.6 Å². The number of rotatable bonds is 4. The summed E-state index contributed by atoms with van der Waals surface area (Å²) in [5.41, 5.74) is 6.39. The van der Waals surface area contributed by atoms with Crippen LogP contribution in [0.15, 0.2) is 24.5 Å². The Kier molecular flexibility index (Phi) is 4.70. The van der Waals surface area contributed by atoms with Crippen molar-refractivity contribution in [1.29, 1.82) is 0 Å². The van der Waals surface area contributed by atoms with Gasteiger partial charge in [-0.05, 0) is 30.9 Å². The first-order chi connectivity index (χ1) is 10.7. The predicted molar refractivity (Wildman–Crippen MR) is 86.7 cm³/mol. The van der Waals surface area contributed by atoms with Crippen LogP contribution in [0.3, 0.4) is 0 Å². The maximum Gasteiger partial charge on any atom is 0.163 e. The molecule has 3 N–H and O–H groups in total. The molecule has 7 heteroatoms. The van der Waals surface area contributed by atoms with Crippen LogP contribution in [0.5, 0.6) is 0 Å². The molecule has 3 rings (SSSR count). The van der Waals surface area contributed by atoms with Crippen LogP contribution in [0, 0.1) is 5.92 Å². The Bertz CT molecular complexity index is 646. The van der Waals surface area contributed by atoms with Gasteiger partial charge in [0.15, 0.2) is 5.82 Å². The van der Waals surface area contributed by atoms with Gasteiger partial charge in [0.1, 0.15) is 11.6 Å². The summed E-state index contributed by atoms with van der Waals surface area (Å²) in [6.45, 7) is 2.56. The Morgan fingerprint density at radius 3 is 2.95 bits per heavy atom. The molecule has 3 heterocycles. The van der Waals surface area contributed by atoms with Gasteiger partial charge < -0.3 is 15.8 Å². The van der Waals surface area contributed by atoms with Crippen molar-refractivity contribution in [2.24, 2.45) is 5.92 Å². The average molecular weight is 320 g/mol. The van der Waals surface area contributed by atoms with Gasteiger partial charge in [0, 0.05) is 37.7 Å². The molecule has 0 aromatic carbocycles. The molecule has 1 saturated heterocycles. The molecular weight excluding hydrogens is 302 g/mol. The minimum absolute atomic E-state index is 0.392. The Labute approximate surface area is 134 Å². The minimum Gasteiger partial charge on any atom is -0.384 e. The van der Waals surface area contributed by atoms with Crippen molar-refractivity contribution in [1.82, 2.24) is 15.0 Å². The normalized spacial score (nSPS) is 15.7. The molecule has 2 aromatic heterocycles. The molecule has 0 unspecified atom stereocenters. The highest BCUT2D eigenvalue weighted by atomic mass is 35.5. The van der Waals surface area contributed by atoms with Crippen molar-refractivity contribution in [3.05, 3.63) is 29.5 Å². The molecule has 1 aliphatic rings. The number of nitrogen functional groups attached to an aromatic ring is 1. The Morgan fingerprint density at radius 1 is 1.32 bits per heavy atom. The second-order valence-corrected chi connectivity index (χ2v) is 5.70. The molecule has 0 aliphatic carbocycles. The topological polar surface area (TPSA) is 86.0 Å². The van der Waals surface area contributed by atoms with Gasteiger partial charge in [0.05, 0.1) is 5.02 Å². The Hall–Kier alpha value is -1.92. The van der Waals surface area contributed by atoms with Crippen LogP contribution in [0.1, 0.15) is 12.8 Å². The van der Waals surface area contributed by atoms with Crippen molar-refractivity contribution in [2.75, 3.05) is 30.8 Å². The average Bonchev–Trinajstić information content (AvgIpc) is 2.56. The van der Waals surface area contributed by atoms with E-state index in [1.54, 1.807) is 12.3 Å². The van der Waals surface area contributed by atoms with Gasteiger partial charge >= 0.3 is 0 Å². The van der Waals surface area contributed by atoms with Crippen LogP contribution in [-0.2, 0) is 4.74 Å². The Morgan fingerprint density at radius 2 is 2.14 bits per heavy atom. The zero-order chi connectivity index (χ0) is 15.4. The van der Waals surface area contributed by atoms with E-state index in [-0.39, 0.29) is 0 Å². The fraction of sp³-hybridized carbons (Fsp3) is 0.400. The number of ether oxygens (including phenoxy) is 1. The van der Waals surface area contributed by atoms with Gasteiger partial charge in [0.2, 0.25) is 0 Å². The third-order valence-electron chi connectivity index (χ3n) is 3.69. The summed E-state index contributed by atoms with van der Waals surface area (Å²) in [6, 6.07) is 3.53. The lowest BCUT2D eigenvalue weighted by molar-refractivity contribution is 0.0699. The maximum atomic E-state index is 6.15. The number of hydrogen-bond donors (Lipinski definition) is 2. The van der Waals surface area contributed by atoms with Crippen molar-refractivity contribution in [2.45, 2.75) is 12.8 Å². The van der Waals surface area contributed by atoms with Crippen LogP contribution in [0.4, 0.5) is 11.6 Å². The number of halogens is 1. The summed E-state index contributed by atoms with van der Waals surface area (Å²) in [6.07, 6.45) is 5.38. The molecular formula is C15H18ClN5O. The van der Waals surface area contributed by atoms with E-state index in [2.05, 4.69) is 20.3 Å². The van der Waals surface area contributed by atoms with Crippen molar-refractivity contribution < 1.29 is 4.74 Å². The first-order valence-electron chi connectivity index (χ1n) is 7.28. The van der Waals surface area contributed by atoms with Gasteiger partial charge in [-0.15, -0.1) is 0 Å². The van der Waals surface area contributed by atoms with Crippen LogP contribution >= 0.6 is 11.6 Å². The maximum absolute atomic E-state index is 6.15. The molecule has 1 aliphatic heterocycles. The summed E-state index contributed by atoms with van der Waals surface area (Å²) in [5.74, 6) is 2.33. The number of pyridine rings is 1. The SMILES string of the molecule is Nc1cc(-c2nccc(NCC3CCOCC3)n2)c(Cl)cn1. The summed E-state index contributed by atoms with van der Waals surface area (Å²) >= 11 is 6.15. The lowest BCUT2D eigenvalue weighted by Gasteiger charge is -2.22. The van der Waals surface area contributed by atoms with E-state index in [1.807, 2.05) is 6.07 Å². The van der Waals surface area contributed by atoms with Crippen LogP contribution < -0.4 is 11.1 Å². The molecule has 0 atom stereocenters.